The minimum absolute atomic E-state index is 0.0348. The Morgan fingerprint density at radius 1 is 1.08 bits per heavy atom. The molecule has 4 nitrogen and oxygen atoms in total. The average Bonchev–Trinajstić information content (AvgIpc) is 3.10. The number of fused-ring (bicyclic) bond motifs is 3. The maximum atomic E-state index is 13.2. The van der Waals surface area contributed by atoms with Crippen LogP contribution >= 0.6 is 0 Å². The second-order valence-corrected chi connectivity index (χ2v) is 7.39. The second-order valence-electron chi connectivity index (χ2n) is 7.39. The van der Waals surface area contributed by atoms with Crippen molar-refractivity contribution in [1.29, 1.82) is 0 Å². The Hall–Kier alpha value is -2.75. The Labute approximate surface area is 151 Å². The Bertz CT molecular complexity index is 1080. The van der Waals surface area contributed by atoms with E-state index in [1.54, 1.807) is 20.5 Å². The Morgan fingerprint density at radius 2 is 1.77 bits per heavy atom. The third-order valence-corrected chi connectivity index (χ3v) is 6.10. The van der Waals surface area contributed by atoms with E-state index >= 15 is 0 Å². The molecule has 1 aromatic heterocycles. The second kappa shape index (κ2) is 5.13. The van der Waals surface area contributed by atoms with E-state index in [0.717, 1.165) is 52.7 Å². The topological polar surface area (TPSA) is 48.7 Å². The smallest absolute Gasteiger partial charge is 0.228 e. The van der Waals surface area contributed by atoms with Crippen LogP contribution in [-0.2, 0) is 11.8 Å². The van der Waals surface area contributed by atoms with Crippen molar-refractivity contribution in [2.24, 2.45) is 0 Å². The maximum Gasteiger partial charge on any atom is 0.228 e. The number of ether oxygens (including phenoxy) is 2. The van der Waals surface area contributed by atoms with Gasteiger partial charge in [-0.1, -0.05) is 6.92 Å². The van der Waals surface area contributed by atoms with E-state index in [4.69, 9.17) is 13.9 Å². The standard InChI is InChI=1S/C22H20O4/c1-22-8-4-5-12-11-26-21(19(12)22)20(23)15-9-13-14(10-16(15)22)18(25-3)7-6-17(13)24-2/h6-7,9-11H,4-5,8H2,1-3H3/t22-/m1/s1. The fraction of sp³-hybridized carbons (Fsp3) is 0.318. The molecule has 0 spiro atoms. The van der Waals surface area contributed by atoms with E-state index in [1.165, 1.54) is 5.56 Å². The van der Waals surface area contributed by atoms with Crippen LogP contribution in [0.4, 0.5) is 0 Å². The molecule has 2 aliphatic carbocycles. The molecular weight excluding hydrogens is 328 g/mol. The quantitative estimate of drug-likeness (QED) is 0.677. The van der Waals surface area contributed by atoms with Crippen molar-refractivity contribution >= 4 is 16.6 Å². The molecule has 5 rings (SSSR count). The van der Waals surface area contributed by atoms with Crippen LogP contribution in [0.3, 0.4) is 0 Å². The van der Waals surface area contributed by atoms with Gasteiger partial charge < -0.3 is 13.9 Å². The number of furan rings is 1. The van der Waals surface area contributed by atoms with E-state index in [0.29, 0.717) is 11.3 Å². The van der Waals surface area contributed by atoms with E-state index in [9.17, 15) is 4.79 Å². The van der Waals surface area contributed by atoms with Crippen molar-refractivity contribution in [3.63, 3.8) is 0 Å². The van der Waals surface area contributed by atoms with Gasteiger partial charge in [0, 0.05) is 27.3 Å². The normalized spacial score (nSPS) is 20.7. The van der Waals surface area contributed by atoms with Crippen molar-refractivity contribution in [3.05, 3.63) is 58.5 Å². The number of carbonyl (C=O) groups excluding carboxylic acids is 1. The molecule has 2 aromatic carbocycles. The van der Waals surface area contributed by atoms with Gasteiger partial charge in [-0.05, 0) is 54.7 Å². The molecule has 0 amide bonds. The fourth-order valence-electron chi connectivity index (χ4n) is 4.84. The Morgan fingerprint density at radius 3 is 2.46 bits per heavy atom. The highest BCUT2D eigenvalue weighted by molar-refractivity contribution is 6.14. The van der Waals surface area contributed by atoms with Gasteiger partial charge >= 0.3 is 0 Å². The van der Waals surface area contributed by atoms with Gasteiger partial charge in [0.15, 0.2) is 5.76 Å². The highest BCUT2D eigenvalue weighted by atomic mass is 16.5. The third-order valence-electron chi connectivity index (χ3n) is 6.10. The first-order valence-corrected chi connectivity index (χ1v) is 8.93. The zero-order valence-electron chi connectivity index (χ0n) is 15.1. The summed E-state index contributed by atoms with van der Waals surface area (Å²) in [6.07, 6.45) is 4.84. The number of hydrogen-bond acceptors (Lipinski definition) is 4. The lowest BCUT2D eigenvalue weighted by Crippen LogP contribution is -2.35. The predicted octanol–water partition coefficient (Wildman–Crippen LogP) is 4.64. The summed E-state index contributed by atoms with van der Waals surface area (Å²) in [6.45, 7) is 2.23. The summed E-state index contributed by atoms with van der Waals surface area (Å²) in [6, 6.07) is 7.85. The molecule has 132 valence electrons. The lowest BCUT2D eigenvalue weighted by molar-refractivity contribution is 0.0998. The van der Waals surface area contributed by atoms with Crippen LogP contribution in [0.25, 0.3) is 10.8 Å². The molecular formula is C22H20O4. The number of rotatable bonds is 2. The van der Waals surface area contributed by atoms with Gasteiger partial charge in [-0.15, -0.1) is 0 Å². The van der Waals surface area contributed by atoms with E-state index in [-0.39, 0.29) is 11.2 Å². The van der Waals surface area contributed by atoms with Crippen molar-refractivity contribution in [2.75, 3.05) is 14.2 Å². The van der Waals surface area contributed by atoms with Crippen LogP contribution in [0.5, 0.6) is 11.5 Å². The number of benzene rings is 2. The lowest BCUT2D eigenvalue weighted by Gasteiger charge is -2.39. The Kier molecular flexibility index (Phi) is 3.06. The molecule has 0 saturated heterocycles. The third kappa shape index (κ3) is 1.77. The molecule has 2 aliphatic rings. The zero-order chi connectivity index (χ0) is 18.1. The molecule has 0 radical (unpaired) electrons. The van der Waals surface area contributed by atoms with Crippen LogP contribution in [-0.4, -0.2) is 20.0 Å². The SMILES string of the molecule is COc1ccc(OC)c2cc3c(cc12)C(=O)c1occ2c1[C@]3(C)CCC2. The summed E-state index contributed by atoms with van der Waals surface area (Å²) >= 11 is 0. The minimum atomic E-state index is -0.207. The summed E-state index contributed by atoms with van der Waals surface area (Å²) in [7, 11) is 3.31. The minimum Gasteiger partial charge on any atom is -0.496 e. The van der Waals surface area contributed by atoms with Gasteiger partial charge in [-0.3, -0.25) is 4.79 Å². The fourth-order valence-corrected chi connectivity index (χ4v) is 4.84. The van der Waals surface area contributed by atoms with E-state index in [2.05, 4.69) is 13.0 Å². The highest BCUT2D eigenvalue weighted by Gasteiger charge is 2.46. The molecule has 4 heteroatoms. The van der Waals surface area contributed by atoms with Crippen LogP contribution in [0, 0.1) is 0 Å². The van der Waals surface area contributed by atoms with E-state index in [1.807, 2.05) is 18.2 Å². The predicted molar refractivity (Wildman–Crippen MR) is 98.6 cm³/mol. The van der Waals surface area contributed by atoms with Gasteiger partial charge in [-0.2, -0.15) is 0 Å². The molecule has 0 N–H and O–H groups in total. The van der Waals surface area contributed by atoms with Crippen molar-refractivity contribution in [2.45, 2.75) is 31.6 Å². The molecule has 0 bridgehead atoms. The summed E-state index contributed by atoms with van der Waals surface area (Å²) < 4.78 is 16.8. The van der Waals surface area contributed by atoms with Crippen LogP contribution in [0.1, 0.15) is 52.6 Å². The number of methoxy groups -OCH3 is 2. The number of ketones is 1. The molecule has 0 unspecified atom stereocenters. The number of aryl methyl sites for hydroxylation is 1. The van der Waals surface area contributed by atoms with Crippen LogP contribution in [0.15, 0.2) is 34.9 Å². The molecule has 1 heterocycles. The molecule has 0 aliphatic heterocycles. The molecule has 0 fully saturated rings. The zero-order valence-corrected chi connectivity index (χ0v) is 15.1. The first-order valence-electron chi connectivity index (χ1n) is 8.93. The summed E-state index contributed by atoms with van der Waals surface area (Å²) in [5.74, 6) is 1.99. The van der Waals surface area contributed by atoms with Gasteiger partial charge in [0.1, 0.15) is 11.5 Å². The van der Waals surface area contributed by atoms with Crippen molar-refractivity contribution in [3.8, 4) is 11.5 Å². The molecule has 3 aromatic rings. The van der Waals surface area contributed by atoms with Gasteiger partial charge in [-0.25, -0.2) is 0 Å². The van der Waals surface area contributed by atoms with Gasteiger partial charge in [0.2, 0.25) is 5.78 Å². The van der Waals surface area contributed by atoms with Crippen molar-refractivity contribution < 1.29 is 18.7 Å². The number of carbonyl (C=O) groups is 1. The largest absolute Gasteiger partial charge is 0.496 e. The van der Waals surface area contributed by atoms with Gasteiger partial charge in [0.25, 0.3) is 0 Å². The molecule has 0 saturated carbocycles. The first kappa shape index (κ1) is 15.5. The van der Waals surface area contributed by atoms with Crippen molar-refractivity contribution in [1.82, 2.24) is 0 Å². The summed E-state index contributed by atoms with van der Waals surface area (Å²) in [5.41, 5.74) is 3.83. The summed E-state index contributed by atoms with van der Waals surface area (Å²) in [4.78, 5) is 13.2. The number of hydrogen-bond donors (Lipinski definition) is 0. The van der Waals surface area contributed by atoms with Crippen LogP contribution < -0.4 is 9.47 Å². The summed E-state index contributed by atoms with van der Waals surface area (Å²) in [5, 5.41) is 1.85. The maximum absolute atomic E-state index is 13.2. The average molecular weight is 348 g/mol. The first-order chi connectivity index (χ1) is 12.6. The lowest BCUT2D eigenvalue weighted by atomic mass is 9.63. The monoisotopic (exact) mass is 348 g/mol. The molecule has 26 heavy (non-hydrogen) atoms. The Balaban J connectivity index is 1.89. The highest BCUT2D eigenvalue weighted by Crippen LogP contribution is 2.51. The van der Waals surface area contributed by atoms with Crippen LogP contribution in [0.2, 0.25) is 0 Å². The van der Waals surface area contributed by atoms with Gasteiger partial charge in [0.05, 0.1) is 20.5 Å². The molecule has 1 atom stereocenters. The van der Waals surface area contributed by atoms with E-state index < -0.39 is 0 Å².